The van der Waals surface area contributed by atoms with E-state index in [1.165, 1.54) is 0 Å². The highest BCUT2D eigenvalue weighted by Gasteiger charge is 2.30. The number of hydrogen-bond acceptors (Lipinski definition) is 6. The van der Waals surface area contributed by atoms with Crippen molar-refractivity contribution in [3.05, 3.63) is 59.7 Å². The Hall–Kier alpha value is -3.04. The topological polar surface area (TPSA) is 87.3 Å². The Kier molecular flexibility index (Phi) is 5.88. The molecule has 1 aliphatic rings. The molecule has 1 saturated heterocycles. The molecule has 0 spiro atoms. The van der Waals surface area contributed by atoms with E-state index < -0.39 is 6.29 Å². The number of aromatic nitrogens is 5. The van der Waals surface area contributed by atoms with E-state index in [0.717, 1.165) is 11.4 Å². The average molecular weight is 425 g/mol. The first-order valence-corrected chi connectivity index (χ1v) is 10.4. The van der Waals surface area contributed by atoms with Crippen LogP contribution in [0.5, 0.6) is 0 Å². The van der Waals surface area contributed by atoms with Crippen LogP contribution < -0.4 is 0 Å². The summed E-state index contributed by atoms with van der Waals surface area (Å²) in [6.45, 7) is 9.58. The second kappa shape index (κ2) is 8.60. The largest absolute Gasteiger partial charge is 0.348 e. The minimum absolute atomic E-state index is 0.149. The van der Waals surface area contributed by atoms with Crippen LogP contribution >= 0.6 is 0 Å². The van der Waals surface area contributed by atoms with Crippen LogP contribution in [-0.2, 0) is 21.6 Å². The number of benzene rings is 1. The summed E-state index contributed by atoms with van der Waals surface area (Å²) in [7, 11) is 0. The molecule has 0 saturated carbocycles. The number of ether oxygens (including phenoxy) is 2. The summed E-state index contributed by atoms with van der Waals surface area (Å²) in [6, 6.07) is 11.6. The van der Waals surface area contributed by atoms with Crippen LogP contribution in [0.4, 0.5) is 0 Å². The van der Waals surface area contributed by atoms with Crippen LogP contribution in [0.1, 0.15) is 42.6 Å². The fraction of sp³-hybridized carbons (Fsp3) is 0.455. The minimum Gasteiger partial charge on any atom is -0.348 e. The molecule has 1 aromatic carbocycles. The number of rotatable bonds is 6. The molecule has 0 radical (unpaired) electrons. The van der Waals surface area contributed by atoms with Crippen molar-refractivity contribution in [3.8, 4) is 5.69 Å². The predicted octanol–water partition coefficient (Wildman–Crippen LogP) is 2.54. The Morgan fingerprint density at radius 2 is 1.90 bits per heavy atom. The molecule has 2 aromatic heterocycles. The van der Waals surface area contributed by atoms with E-state index in [1.807, 2.05) is 70.3 Å². The summed E-state index contributed by atoms with van der Waals surface area (Å²) < 4.78 is 14.7. The molecule has 3 aromatic rings. The lowest BCUT2D eigenvalue weighted by Gasteiger charge is -2.27. The molecule has 1 fully saturated rings. The van der Waals surface area contributed by atoms with Crippen LogP contribution in [0, 0.1) is 6.92 Å². The maximum absolute atomic E-state index is 13.6. The van der Waals surface area contributed by atoms with Gasteiger partial charge in [0.15, 0.2) is 6.29 Å². The zero-order valence-corrected chi connectivity index (χ0v) is 18.4. The van der Waals surface area contributed by atoms with Crippen molar-refractivity contribution in [1.29, 1.82) is 0 Å². The van der Waals surface area contributed by atoms with Crippen LogP contribution in [-0.4, -0.2) is 61.6 Å². The molecule has 3 heterocycles. The number of carbonyl (C=O) groups is 1. The van der Waals surface area contributed by atoms with E-state index in [1.54, 1.807) is 14.3 Å². The van der Waals surface area contributed by atoms with Gasteiger partial charge < -0.3 is 14.4 Å². The third-order valence-electron chi connectivity index (χ3n) is 4.95. The van der Waals surface area contributed by atoms with Crippen LogP contribution in [0.3, 0.4) is 0 Å². The molecule has 4 rings (SSSR count). The number of carbonyl (C=O) groups excluding carboxylic acids is 1. The van der Waals surface area contributed by atoms with Gasteiger partial charge >= 0.3 is 0 Å². The zero-order chi connectivity index (χ0) is 22.0. The monoisotopic (exact) mass is 424 g/mol. The third kappa shape index (κ3) is 4.83. The van der Waals surface area contributed by atoms with Crippen molar-refractivity contribution in [2.24, 2.45) is 0 Å². The second-order valence-corrected chi connectivity index (χ2v) is 8.60. The number of nitrogens with zero attached hydrogens (tertiary/aromatic N) is 6. The predicted molar refractivity (Wildman–Crippen MR) is 114 cm³/mol. The highest BCUT2D eigenvalue weighted by atomic mass is 16.7. The molecular formula is C22H28N6O3. The lowest BCUT2D eigenvalue weighted by Crippen LogP contribution is -2.40. The summed E-state index contributed by atoms with van der Waals surface area (Å²) >= 11 is 0. The lowest BCUT2D eigenvalue weighted by molar-refractivity contribution is -0.0587. The number of amides is 1. The van der Waals surface area contributed by atoms with Gasteiger partial charge in [-0.1, -0.05) is 23.4 Å². The van der Waals surface area contributed by atoms with Crippen molar-refractivity contribution in [2.75, 3.05) is 19.8 Å². The Labute approximate surface area is 181 Å². The highest BCUT2D eigenvalue weighted by molar-refractivity contribution is 5.92. The van der Waals surface area contributed by atoms with Crippen molar-refractivity contribution >= 4 is 5.91 Å². The first kappa shape index (κ1) is 21.2. The summed E-state index contributed by atoms with van der Waals surface area (Å²) in [5, 5.41) is 13.0. The lowest BCUT2D eigenvalue weighted by atomic mass is 10.1. The molecule has 0 bridgehead atoms. The molecule has 0 atom stereocenters. The summed E-state index contributed by atoms with van der Waals surface area (Å²) in [5.74, 6) is -0.149. The number of aryl methyl sites for hydroxylation is 1. The summed E-state index contributed by atoms with van der Waals surface area (Å²) in [5.41, 5.74) is 2.57. The van der Waals surface area contributed by atoms with Gasteiger partial charge in [-0.15, -0.1) is 5.10 Å². The Morgan fingerprint density at radius 1 is 1.19 bits per heavy atom. The van der Waals surface area contributed by atoms with Gasteiger partial charge in [-0.2, -0.15) is 5.10 Å². The highest BCUT2D eigenvalue weighted by Crippen LogP contribution is 2.20. The first-order valence-electron chi connectivity index (χ1n) is 10.4. The molecule has 0 N–H and O–H groups in total. The van der Waals surface area contributed by atoms with E-state index in [4.69, 9.17) is 9.47 Å². The Bertz CT molecular complexity index is 1030. The van der Waals surface area contributed by atoms with E-state index in [2.05, 4.69) is 15.4 Å². The van der Waals surface area contributed by atoms with Gasteiger partial charge in [0.2, 0.25) is 0 Å². The zero-order valence-electron chi connectivity index (χ0n) is 18.4. The van der Waals surface area contributed by atoms with Gasteiger partial charge in [-0.3, -0.25) is 9.48 Å². The van der Waals surface area contributed by atoms with Crippen molar-refractivity contribution in [1.82, 2.24) is 29.7 Å². The van der Waals surface area contributed by atoms with Gasteiger partial charge in [0.25, 0.3) is 5.91 Å². The number of hydrogen-bond donors (Lipinski definition) is 0. The van der Waals surface area contributed by atoms with Crippen LogP contribution in [0.2, 0.25) is 0 Å². The SMILES string of the molecule is Cc1cc(C(=O)N(Cc2cn(-c3ccccc3)nn2)CC2OCCO2)n(C(C)(C)C)n1. The molecule has 31 heavy (non-hydrogen) atoms. The van der Waals surface area contributed by atoms with Gasteiger partial charge in [0.05, 0.1) is 49.4 Å². The van der Waals surface area contributed by atoms with E-state index >= 15 is 0 Å². The number of para-hydroxylation sites is 1. The standard InChI is InChI=1S/C22H28N6O3/c1-16-12-19(28(24-16)22(2,3)4)21(29)26(15-20-30-10-11-31-20)13-17-14-27(25-23-17)18-8-6-5-7-9-18/h5-9,12,14,20H,10-11,13,15H2,1-4H3. The summed E-state index contributed by atoms with van der Waals surface area (Å²) in [4.78, 5) is 15.3. The molecule has 0 unspecified atom stereocenters. The second-order valence-electron chi connectivity index (χ2n) is 8.60. The molecule has 164 valence electrons. The molecule has 1 aliphatic heterocycles. The first-order chi connectivity index (χ1) is 14.8. The molecule has 9 nitrogen and oxygen atoms in total. The molecule has 9 heteroatoms. The Balaban J connectivity index is 1.61. The molecule has 1 amide bonds. The fourth-order valence-corrected chi connectivity index (χ4v) is 3.51. The molecular weight excluding hydrogens is 396 g/mol. The van der Waals surface area contributed by atoms with Gasteiger partial charge in [0.1, 0.15) is 11.4 Å². The minimum atomic E-state index is -0.458. The Morgan fingerprint density at radius 3 is 2.58 bits per heavy atom. The van der Waals surface area contributed by atoms with Crippen molar-refractivity contribution in [3.63, 3.8) is 0 Å². The van der Waals surface area contributed by atoms with Gasteiger partial charge in [-0.05, 0) is 45.9 Å². The fourth-order valence-electron chi connectivity index (χ4n) is 3.51. The maximum Gasteiger partial charge on any atom is 0.272 e. The third-order valence-corrected chi connectivity index (χ3v) is 4.95. The van der Waals surface area contributed by atoms with Crippen LogP contribution in [0.25, 0.3) is 5.69 Å². The van der Waals surface area contributed by atoms with E-state index in [0.29, 0.717) is 31.1 Å². The van der Waals surface area contributed by atoms with Crippen molar-refractivity contribution < 1.29 is 14.3 Å². The average Bonchev–Trinajstić information content (AvgIpc) is 3.48. The smallest absolute Gasteiger partial charge is 0.272 e. The van der Waals surface area contributed by atoms with Crippen LogP contribution in [0.15, 0.2) is 42.6 Å². The summed E-state index contributed by atoms with van der Waals surface area (Å²) in [6.07, 6.45) is 1.37. The van der Waals surface area contributed by atoms with E-state index in [9.17, 15) is 4.79 Å². The normalized spacial score (nSPS) is 14.8. The van der Waals surface area contributed by atoms with Gasteiger partial charge in [0, 0.05) is 0 Å². The maximum atomic E-state index is 13.6. The van der Waals surface area contributed by atoms with E-state index in [-0.39, 0.29) is 18.0 Å². The quantitative estimate of drug-likeness (QED) is 0.604. The van der Waals surface area contributed by atoms with Crippen molar-refractivity contribution in [2.45, 2.75) is 46.1 Å². The van der Waals surface area contributed by atoms with Gasteiger partial charge in [-0.25, -0.2) is 4.68 Å². The molecule has 0 aliphatic carbocycles.